The molecule has 1 saturated heterocycles. The molecular formula is C9H17N3O3. The Morgan fingerprint density at radius 1 is 1.67 bits per heavy atom. The Kier molecular flexibility index (Phi) is 3.90. The number of carboxylic acids is 1. The Bertz CT molecular complexity index is 257. The Labute approximate surface area is 88.4 Å². The van der Waals surface area contributed by atoms with Gasteiger partial charge in [0.1, 0.15) is 0 Å². The maximum absolute atomic E-state index is 11.5. The van der Waals surface area contributed by atoms with Gasteiger partial charge in [0.25, 0.3) is 0 Å². The Hall–Kier alpha value is -1.30. The first-order valence-corrected chi connectivity index (χ1v) is 5.02. The molecule has 0 aromatic carbocycles. The largest absolute Gasteiger partial charge is 0.481 e. The summed E-state index contributed by atoms with van der Waals surface area (Å²) in [6.07, 6.45) is 0.807. The molecule has 1 fully saturated rings. The minimum Gasteiger partial charge on any atom is -0.481 e. The van der Waals surface area contributed by atoms with Gasteiger partial charge in [0.15, 0.2) is 0 Å². The lowest BCUT2D eigenvalue weighted by Gasteiger charge is -2.17. The summed E-state index contributed by atoms with van der Waals surface area (Å²) in [5, 5.41) is 11.2. The lowest BCUT2D eigenvalue weighted by atomic mass is 10.2. The number of nitrogens with one attached hydrogen (secondary N) is 1. The highest BCUT2D eigenvalue weighted by Gasteiger charge is 2.24. The predicted molar refractivity (Wildman–Crippen MR) is 54.4 cm³/mol. The van der Waals surface area contributed by atoms with E-state index in [4.69, 9.17) is 10.8 Å². The summed E-state index contributed by atoms with van der Waals surface area (Å²) in [6, 6.07) is -0.177. The van der Waals surface area contributed by atoms with Gasteiger partial charge in [-0.15, -0.1) is 0 Å². The number of aliphatic carboxylic acids is 1. The predicted octanol–water partition coefficient (Wildman–Crippen LogP) is -0.550. The topological polar surface area (TPSA) is 95.7 Å². The van der Waals surface area contributed by atoms with Crippen LogP contribution in [0.15, 0.2) is 0 Å². The number of carboxylic acid groups (broad SMARTS) is 1. The SMILES string of the molecule is CC(CNC(=O)N1CCC(N)C1)C(=O)O. The number of amides is 2. The molecule has 2 atom stereocenters. The molecule has 0 saturated carbocycles. The maximum atomic E-state index is 11.5. The van der Waals surface area contributed by atoms with Crippen molar-refractivity contribution in [3.63, 3.8) is 0 Å². The smallest absolute Gasteiger partial charge is 0.317 e. The number of carbonyl (C=O) groups is 2. The van der Waals surface area contributed by atoms with E-state index < -0.39 is 11.9 Å². The fourth-order valence-electron chi connectivity index (χ4n) is 1.41. The minimum absolute atomic E-state index is 0.0487. The second kappa shape index (κ2) is 4.97. The number of carbonyl (C=O) groups excluding carboxylic acids is 1. The van der Waals surface area contributed by atoms with Gasteiger partial charge in [-0.3, -0.25) is 4.79 Å². The highest BCUT2D eigenvalue weighted by molar-refractivity contribution is 5.76. The number of rotatable bonds is 3. The zero-order valence-electron chi connectivity index (χ0n) is 8.77. The first kappa shape index (κ1) is 11.8. The van der Waals surface area contributed by atoms with Crippen LogP contribution < -0.4 is 11.1 Å². The van der Waals surface area contributed by atoms with E-state index in [1.165, 1.54) is 0 Å². The van der Waals surface area contributed by atoms with Crippen LogP contribution in [0.3, 0.4) is 0 Å². The summed E-state index contributed by atoms with van der Waals surface area (Å²) in [5.41, 5.74) is 5.65. The second-order valence-electron chi connectivity index (χ2n) is 3.92. The monoisotopic (exact) mass is 215 g/mol. The molecule has 2 unspecified atom stereocenters. The van der Waals surface area contributed by atoms with Crippen LogP contribution in [0.5, 0.6) is 0 Å². The van der Waals surface area contributed by atoms with Crippen LogP contribution in [0.1, 0.15) is 13.3 Å². The van der Waals surface area contributed by atoms with Crippen molar-refractivity contribution in [1.82, 2.24) is 10.2 Å². The molecule has 86 valence electrons. The third kappa shape index (κ3) is 3.39. The number of urea groups is 1. The number of likely N-dealkylation sites (tertiary alicyclic amines) is 1. The molecule has 0 spiro atoms. The van der Waals surface area contributed by atoms with E-state index in [2.05, 4.69) is 5.32 Å². The molecule has 4 N–H and O–H groups in total. The van der Waals surface area contributed by atoms with Crippen LogP contribution in [0.25, 0.3) is 0 Å². The van der Waals surface area contributed by atoms with Crippen molar-refractivity contribution >= 4 is 12.0 Å². The third-order valence-corrected chi connectivity index (χ3v) is 2.49. The molecule has 0 aromatic rings. The van der Waals surface area contributed by atoms with Crippen molar-refractivity contribution in [2.45, 2.75) is 19.4 Å². The van der Waals surface area contributed by atoms with Crippen molar-refractivity contribution in [2.24, 2.45) is 11.7 Å². The molecule has 0 aromatic heterocycles. The summed E-state index contributed by atoms with van der Waals surface area (Å²) >= 11 is 0. The van der Waals surface area contributed by atoms with Crippen LogP contribution >= 0.6 is 0 Å². The van der Waals surface area contributed by atoms with E-state index in [1.54, 1.807) is 11.8 Å². The van der Waals surface area contributed by atoms with Crippen LogP contribution in [0.2, 0.25) is 0 Å². The van der Waals surface area contributed by atoms with Crippen molar-refractivity contribution < 1.29 is 14.7 Å². The first-order valence-electron chi connectivity index (χ1n) is 5.02. The van der Waals surface area contributed by atoms with Gasteiger partial charge in [0, 0.05) is 25.7 Å². The summed E-state index contributed by atoms with van der Waals surface area (Å²) < 4.78 is 0. The second-order valence-corrected chi connectivity index (χ2v) is 3.92. The molecule has 1 aliphatic heterocycles. The molecule has 0 radical (unpaired) electrons. The molecule has 0 aliphatic carbocycles. The molecule has 1 rings (SSSR count). The standard InChI is InChI=1S/C9H17N3O3/c1-6(8(13)14)4-11-9(15)12-3-2-7(10)5-12/h6-7H,2-5,10H2,1H3,(H,11,15)(H,13,14). The van der Waals surface area contributed by atoms with E-state index in [0.717, 1.165) is 6.42 Å². The molecular weight excluding hydrogens is 198 g/mol. The number of nitrogens with zero attached hydrogens (tertiary/aromatic N) is 1. The zero-order chi connectivity index (χ0) is 11.4. The zero-order valence-corrected chi connectivity index (χ0v) is 8.77. The van der Waals surface area contributed by atoms with Gasteiger partial charge in [-0.1, -0.05) is 6.92 Å². The highest BCUT2D eigenvalue weighted by atomic mass is 16.4. The fraction of sp³-hybridized carbons (Fsp3) is 0.778. The molecule has 2 amide bonds. The summed E-state index contributed by atoms with van der Waals surface area (Å²) in [7, 11) is 0. The molecule has 0 bridgehead atoms. The molecule has 15 heavy (non-hydrogen) atoms. The Morgan fingerprint density at radius 3 is 2.80 bits per heavy atom. The van der Waals surface area contributed by atoms with Gasteiger partial charge in [0.05, 0.1) is 5.92 Å². The van der Waals surface area contributed by atoms with E-state index in [1.807, 2.05) is 0 Å². The summed E-state index contributed by atoms with van der Waals surface area (Å²) in [6.45, 7) is 2.90. The van der Waals surface area contributed by atoms with E-state index in [-0.39, 0.29) is 18.6 Å². The Morgan fingerprint density at radius 2 is 2.33 bits per heavy atom. The highest BCUT2D eigenvalue weighted by Crippen LogP contribution is 2.06. The van der Waals surface area contributed by atoms with Gasteiger partial charge >= 0.3 is 12.0 Å². The van der Waals surface area contributed by atoms with Gasteiger partial charge in [-0.25, -0.2) is 4.79 Å². The van der Waals surface area contributed by atoms with Crippen molar-refractivity contribution in [2.75, 3.05) is 19.6 Å². The molecule has 6 heteroatoms. The van der Waals surface area contributed by atoms with Crippen LogP contribution in [-0.2, 0) is 4.79 Å². The van der Waals surface area contributed by atoms with E-state index >= 15 is 0 Å². The van der Waals surface area contributed by atoms with Gasteiger partial charge < -0.3 is 21.1 Å². The maximum Gasteiger partial charge on any atom is 0.317 e. The van der Waals surface area contributed by atoms with Gasteiger partial charge in [0.2, 0.25) is 0 Å². The van der Waals surface area contributed by atoms with Crippen LogP contribution in [-0.4, -0.2) is 47.7 Å². The fourth-order valence-corrected chi connectivity index (χ4v) is 1.41. The Balaban J connectivity index is 2.27. The number of nitrogens with two attached hydrogens (primary N) is 1. The first-order chi connectivity index (χ1) is 7.00. The van der Waals surface area contributed by atoms with Crippen molar-refractivity contribution in [1.29, 1.82) is 0 Å². The third-order valence-electron chi connectivity index (χ3n) is 2.49. The average molecular weight is 215 g/mol. The van der Waals surface area contributed by atoms with Crippen molar-refractivity contribution in [3.05, 3.63) is 0 Å². The lowest BCUT2D eigenvalue weighted by Crippen LogP contribution is -2.42. The lowest BCUT2D eigenvalue weighted by molar-refractivity contribution is -0.140. The van der Waals surface area contributed by atoms with Crippen LogP contribution in [0, 0.1) is 5.92 Å². The van der Waals surface area contributed by atoms with Gasteiger partial charge in [-0.05, 0) is 6.42 Å². The summed E-state index contributed by atoms with van der Waals surface area (Å²) in [5.74, 6) is -1.47. The average Bonchev–Trinajstić information content (AvgIpc) is 2.60. The van der Waals surface area contributed by atoms with Crippen molar-refractivity contribution in [3.8, 4) is 0 Å². The van der Waals surface area contributed by atoms with E-state index in [0.29, 0.717) is 13.1 Å². The summed E-state index contributed by atoms with van der Waals surface area (Å²) in [4.78, 5) is 23.6. The molecule has 1 heterocycles. The molecule has 6 nitrogen and oxygen atoms in total. The normalized spacial score (nSPS) is 22.5. The minimum atomic E-state index is -0.909. The number of hydrogen-bond acceptors (Lipinski definition) is 3. The molecule has 1 aliphatic rings. The van der Waals surface area contributed by atoms with Gasteiger partial charge in [-0.2, -0.15) is 0 Å². The van der Waals surface area contributed by atoms with E-state index in [9.17, 15) is 9.59 Å². The number of hydrogen-bond donors (Lipinski definition) is 3. The quantitative estimate of drug-likeness (QED) is 0.588. The van der Waals surface area contributed by atoms with Crippen LogP contribution in [0.4, 0.5) is 4.79 Å².